The summed E-state index contributed by atoms with van der Waals surface area (Å²) in [4.78, 5) is 10.8. The quantitative estimate of drug-likeness (QED) is 0.529. The first-order chi connectivity index (χ1) is 6.77. The third-order valence-corrected chi connectivity index (χ3v) is 1.63. The third kappa shape index (κ3) is 2.53. The molecule has 0 saturated carbocycles. The van der Waals surface area contributed by atoms with Crippen molar-refractivity contribution in [1.29, 1.82) is 0 Å². The highest BCUT2D eigenvalue weighted by Crippen LogP contribution is 2.16. The fourth-order valence-electron chi connectivity index (χ4n) is 0.970. The zero-order chi connectivity index (χ0) is 10.4. The topological polar surface area (TPSA) is 35.5 Å². The highest BCUT2D eigenvalue weighted by molar-refractivity contribution is 5.60. The number of terminal acetylenes is 1. The Morgan fingerprint density at radius 2 is 2.07 bits per heavy atom. The number of rotatable bonds is 2. The summed E-state index contributed by atoms with van der Waals surface area (Å²) in [6.07, 6.45) is 3.75. The van der Waals surface area contributed by atoms with Gasteiger partial charge in [-0.3, -0.25) is 0 Å². The number of carbonyl (C=O) groups is 1. The molecule has 3 heteroatoms. The van der Waals surface area contributed by atoms with Gasteiger partial charge in [0.25, 0.3) is 0 Å². The van der Waals surface area contributed by atoms with Crippen LogP contribution < -0.4 is 0 Å². The highest BCUT2D eigenvalue weighted by Gasteiger charge is 2.13. The van der Waals surface area contributed by atoms with Crippen molar-refractivity contribution in [3.63, 3.8) is 0 Å². The fourth-order valence-corrected chi connectivity index (χ4v) is 0.970. The zero-order valence-electron chi connectivity index (χ0n) is 7.77. The summed E-state index contributed by atoms with van der Waals surface area (Å²) in [6.45, 7) is 0. The molecular formula is C11H10O3. The average Bonchev–Trinajstić information content (AvgIpc) is 2.26. The second-order valence-electron chi connectivity index (χ2n) is 2.53. The molecule has 0 aliphatic carbocycles. The summed E-state index contributed by atoms with van der Waals surface area (Å²) in [5.74, 6) is 2.36. The molecule has 0 aromatic heterocycles. The van der Waals surface area contributed by atoms with Gasteiger partial charge in [-0.15, -0.1) is 6.42 Å². The lowest BCUT2D eigenvalue weighted by atomic mass is 10.1. The standard InChI is InChI=1S/C11H10O3/c1-3-10(14-11(12)13-2)9-7-5-4-6-8-9/h1,4-8,10H,2H3/t10-/m1/s1. The molecule has 3 nitrogen and oxygen atoms in total. The van der Waals surface area contributed by atoms with E-state index in [1.807, 2.05) is 18.2 Å². The molecule has 0 amide bonds. The minimum absolute atomic E-state index is 0.691. The summed E-state index contributed by atoms with van der Waals surface area (Å²) < 4.78 is 9.18. The van der Waals surface area contributed by atoms with Gasteiger partial charge in [-0.05, 0) is 0 Å². The zero-order valence-corrected chi connectivity index (χ0v) is 7.77. The Morgan fingerprint density at radius 1 is 1.43 bits per heavy atom. The van der Waals surface area contributed by atoms with Crippen molar-refractivity contribution in [1.82, 2.24) is 0 Å². The molecule has 0 aliphatic rings. The molecule has 0 N–H and O–H groups in total. The van der Waals surface area contributed by atoms with E-state index < -0.39 is 12.3 Å². The van der Waals surface area contributed by atoms with Crippen molar-refractivity contribution in [2.24, 2.45) is 0 Å². The number of carbonyl (C=O) groups excluding carboxylic acids is 1. The van der Waals surface area contributed by atoms with Crippen LogP contribution in [0.2, 0.25) is 0 Å². The monoisotopic (exact) mass is 190 g/mol. The van der Waals surface area contributed by atoms with Gasteiger partial charge < -0.3 is 9.47 Å². The van der Waals surface area contributed by atoms with Crippen LogP contribution in [0.15, 0.2) is 30.3 Å². The predicted molar refractivity (Wildman–Crippen MR) is 51.5 cm³/mol. The second-order valence-corrected chi connectivity index (χ2v) is 2.53. The van der Waals surface area contributed by atoms with Gasteiger partial charge in [0.2, 0.25) is 0 Å². The molecule has 14 heavy (non-hydrogen) atoms. The van der Waals surface area contributed by atoms with E-state index in [0.717, 1.165) is 5.56 Å². The lowest BCUT2D eigenvalue weighted by molar-refractivity contribution is 0.0550. The molecule has 1 rings (SSSR count). The Labute approximate surface area is 82.6 Å². The maximum Gasteiger partial charge on any atom is 0.509 e. The smallest absolute Gasteiger partial charge is 0.438 e. The van der Waals surface area contributed by atoms with E-state index in [4.69, 9.17) is 11.2 Å². The predicted octanol–water partition coefficient (Wildman–Crippen LogP) is 2.14. The van der Waals surface area contributed by atoms with Crippen molar-refractivity contribution in [2.45, 2.75) is 6.10 Å². The van der Waals surface area contributed by atoms with Gasteiger partial charge in [0.15, 0.2) is 6.10 Å². The molecule has 1 aromatic carbocycles. The second kappa shape index (κ2) is 4.93. The van der Waals surface area contributed by atoms with Gasteiger partial charge in [0.05, 0.1) is 7.11 Å². The lowest BCUT2D eigenvalue weighted by Gasteiger charge is -2.10. The van der Waals surface area contributed by atoms with Gasteiger partial charge in [0, 0.05) is 5.56 Å². The molecule has 0 unspecified atom stereocenters. The lowest BCUT2D eigenvalue weighted by Crippen LogP contribution is -2.09. The summed E-state index contributed by atoms with van der Waals surface area (Å²) in [6, 6.07) is 9.07. The van der Waals surface area contributed by atoms with Gasteiger partial charge in [-0.2, -0.15) is 0 Å². The molecule has 0 heterocycles. The van der Waals surface area contributed by atoms with Crippen LogP contribution in [0, 0.1) is 12.3 Å². The van der Waals surface area contributed by atoms with E-state index >= 15 is 0 Å². The van der Waals surface area contributed by atoms with Crippen LogP contribution in [-0.2, 0) is 9.47 Å². The number of benzene rings is 1. The Morgan fingerprint density at radius 3 is 2.57 bits per heavy atom. The van der Waals surface area contributed by atoms with Crippen LogP contribution in [0.4, 0.5) is 4.79 Å². The van der Waals surface area contributed by atoms with Crippen molar-refractivity contribution >= 4 is 6.16 Å². The van der Waals surface area contributed by atoms with Crippen molar-refractivity contribution in [3.8, 4) is 12.3 Å². The largest absolute Gasteiger partial charge is 0.509 e. The normalized spacial score (nSPS) is 11.1. The number of hydrogen-bond acceptors (Lipinski definition) is 3. The van der Waals surface area contributed by atoms with Crippen molar-refractivity contribution in [2.75, 3.05) is 7.11 Å². The minimum atomic E-state index is -0.781. The van der Waals surface area contributed by atoms with E-state index in [1.165, 1.54) is 7.11 Å². The van der Waals surface area contributed by atoms with Crippen molar-refractivity contribution < 1.29 is 14.3 Å². The average molecular weight is 190 g/mol. The summed E-state index contributed by atoms with van der Waals surface area (Å²) >= 11 is 0. The first-order valence-electron chi connectivity index (χ1n) is 4.03. The number of hydrogen-bond donors (Lipinski definition) is 0. The van der Waals surface area contributed by atoms with Crippen molar-refractivity contribution in [3.05, 3.63) is 35.9 Å². The first-order valence-corrected chi connectivity index (χ1v) is 4.03. The van der Waals surface area contributed by atoms with Crippen LogP contribution in [0.1, 0.15) is 11.7 Å². The third-order valence-electron chi connectivity index (χ3n) is 1.63. The van der Waals surface area contributed by atoms with Crippen LogP contribution in [0.25, 0.3) is 0 Å². The Balaban J connectivity index is 2.74. The SMILES string of the molecule is C#C[C@@H](OC(=O)OC)c1ccccc1. The number of ether oxygens (including phenoxy) is 2. The van der Waals surface area contributed by atoms with E-state index in [9.17, 15) is 4.79 Å². The molecule has 0 bridgehead atoms. The van der Waals surface area contributed by atoms with Gasteiger partial charge in [-0.1, -0.05) is 36.3 Å². The van der Waals surface area contributed by atoms with E-state index in [2.05, 4.69) is 10.7 Å². The van der Waals surface area contributed by atoms with Crippen LogP contribution in [-0.4, -0.2) is 13.3 Å². The van der Waals surface area contributed by atoms with E-state index in [-0.39, 0.29) is 0 Å². The molecule has 0 spiro atoms. The minimum Gasteiger partial charge on any atom is -0.438 e. The van der Waals surface area contributed by atoms with Gasteiger partial charge >= 0.3 is 6.16 Å². The summed E-state index contributed by atoms with van der Waals surface area (Å²) in [7, 11) is 1.24. The summed E-state index contributed by atoms with van der Waals surface area (Å²) in [5, 5.41) is 0. The molecule has 72 valence electrons. The number of methoxy groups -OCH3 is 1. The van der Waals surface area contributed by atoms with Crippen LogP contribution >= 0.6 is 0 Å². The van der Waals surface area contributed by atoms with Crippen LogP contribution in [0.3, 0.4) is 0 Å². The van der Waals surface area contributed by atoms with Gasteiger partial charge in [0.1, 0.15) is 0 Å². The Kier molecular flexibility index (Phi) is 3.57. The highest BCUT2D eigenvalue weighted by atomic mass is 16.7. The molecular weight excluding hydrogens is 180 g/mol. The maximum absolute atomic E-state index is 10.8. The molecule has 0 radical (unpaired) electrons. The van der Waals surface area contributed by atoms with Crippen LogP contribution in [0.5, 0.6) is 0 Å². The fraction of sp³-hybridized carbons (Fsp3) is 0.182. The molecule has 1 atom stereocenters. The Bertz CT molecular complexity index is 337. The van der Waals surface area contributed by atoms with E-state index in [1.54, 1.807) is 12.1 Å². The molecule has 0 fully saturated rings. The molecule has 0 saturated heterocycles. The molecule has 0 aliphatic heterocycles. The first kappa shape index (κ1) is 10.1. The van der Waals surface area contributed by atoms with Gasteiger partial charge in [-0.25, -0.2) is 4.79 Å². The summed E-state index contributed by atoms with van der Waals surface area (Å²) in [5.41, 5.74) is 0.750. The maximum atomic E-state index is 10.8. The Hall–Kier alpha value is -1.95. The van der Waals surface area contributed by atoms with E-state index in [0.29, 0.717) is 0 Å². The molecule has 1 aromatic rings.